The summed E-state index contributed by atoms with van der Waals surface area (Å²) in [6, 6.07) is 5.72. The van der Waals surface area contributed by atoms with Crippen molar-refractivity contribution in [1.82, 2.24) is 15.2 Å². The fraction of sp³-hybridized carbons (Fsp3) is 0.286. The van der Waals surface area contributed by atoms with Crippen molar-refractivity contribution in [2.45, 2.75) is 30.8 Å². The smallest absolute Gasteiger partial charge is 0.232 e. The van der Waals surface area contributed by atoms with Crippen molar-refractivity contribution in [2.75, 3.05) is 11.6 Å². The number of nitrogens with zero attached hydrogens (tertiary/aromatic N) is 2. The van der Waals surface area contributed by atoms with Crippen LogP contribution in [0.1, 0.15) is 18.9 Å². The third-order valence-corrected chi connectivity index (χ3v) is 7.14. The number of aromatic amines is 1. The summed E-state index contributed by atoms with van der Waals surface area (Å²) in [5.41, 5.74) is 3.75. The molecule has 1 aliphatic rings. The number of amides is 1. The molecule has 2 aromatic carbocycles. The van der Waals surface area contributed by atoms with Gasteiger partial charge in [0.2, 0.25) is 5.91 Å². The Morgan fingerprint density at radius 3 is 2.93 bits per heavy atom. The number of thioether (sulfide) groups is 1. The summed E-state index contributed by atoms with van der Waals surface area (Å²) in [5.74, 6) is -1.11. The molecule has 1 saturated carbocycles. The topological polar surface area (TPSA) is 70.7 Å². The monoisotopic (exact) mass is 444 g/mol. The molecule has 0 saturated heterocycles. The fourth-order valence-corrected chi connectivity index (χ4v) is 5.36. The van der Waals surface area contributed by atoms with Gasteiger partial charge >= 0.3 is 0 Å². The zero-order valence-electron chi connectivity index (χ0n) is 16.3. The van der Waals surface area contributed by atoms with Gasteiger partial charge in [0.1, 0.15) is 12.0 Å². The number of hydrogen-bond donors (Lipinski definition) is 2. The molecule has 0 radical (unpaired) electrons. The number of nitrogens with one attached hydrogen (secondary N) is 2. The van der Waals surface area contributed by atoms with Crippen molar-refractivity contribution in [1.29, 1.82) is 0 Å². The first-order valence-electron chi connectivity index (χ1n) is 9.59. The lowest BCUT2D eigenvalue weighted by Gasteiger charge is -2.14. The summed E-state index contributed by atoms with van der Waals surface area (Å²) in [7, 11) is 0. The Labute approximate surface area is 179 Å². The van der Waals surface area contributed by atoms with Gasteiger partial charge in [-0.05, 0) is 47.9 Å². The van der Waals surface area contributed by atoms with E-state index in [0.29, 0.717) is 27.5 Å². The maximum atomic E-state index is 15.2. The highest BCUT2D eigenvalue weighted by atomic mass is 32.2. The van der Waals surface area contributed by atoms with Crippen LogP contribution in [-0.4, -0.2) is 33.5 Å². The molecule has 4 aromatic rings. The first-order chi connectivity index (χ1) is 14.5. The Hall–Kier alpha value is -2.52. The maximum Gasteiger partial charge on any atom is 0.232 e. The Kier molecular flexibility index (Phi) is 4.74. The van der Waals surface area contributed by atoms with Gasteiger partial charge in [-0.25, -0.2) is 13.8 Å². The molecule has 1 fully saturated rings. The molecule has 1 aliphatic carbocycles. The quantitative estimate of drug-likeness (QED) is 0.396. The van der Waals surface area contributed by atoms with Crippen LogP contribution in [0.25, 0.3) is 32.2 Å². The number of alkyl halides is 1. The summed E-state index contributed by atoms with van der Waals surface area (Å²) >= 11 is 2.69. The summed E-state index contributed by atoms with van der Waals surface area (Å²) in [6.07, 6.45) is 3.36. The molecule has 30 heavy (non-hydrogen) atoms. The van der Waals surface area contributed by atoms with E-state index in [9.17, 15) is 9.18 Å². The Bertz CT molecular complexity index is 1300. The van der Waals surface area contributed by atoms with Crippen LogP contribution in [-0.2, 0) is 11.2 Å². The molecule has 154 valence electrons. The highest BCUT2D eigenvalue weighted by Gasteiger charge is 2.43. The second-order valence-corrected chi connectivity index (χ2v) is 9.11. The number of hydrogen-bond acceptors (Lipinski definition) is 5. The van der Waals surface area contributed by atoms with Gasteiger partial charge in [-0.2, -0.15) is 5.10 Å². The van der Waals surface area contributed by atoms with Crippen LogP contribution in [0.4, 0.5) is 13.9 Å². The molecule has 9 heteroatoms. The Morgan fingerprint density at radius 2 is 2.23 bits per heavy atom. The maximum absolute atomic E-state index is 15.2. The lowest BCUT2D eigenvalue weighted by atomic mass is 9.94. The van der Waals surface area contributed by atoms with E-state index in [-0.39, 0.29) is 18.1 Å². The van der Waals surface area contributed by atoms with Crippen LogP contribution in [0, 0.1) is 11.7 Å². The van der Waals surface area contributed by atoms with Crippen LogP contribution >= 0.6 is 23.1 Å². The van der Waals surface area contributed by atoms with Crippen LogP contribution < -0.4 is 5.32 Å². The predicted octanol–water partition coefficient (Wildman–Crippen LogP) is 5.56. The Morgan fingerprint density at radius 1 is 1.43 bits per heavy atom. The van der Waals surface area contributed by atoms with Gasteiger partial charge in [0, 0.05) is 5.39 Å². The molecule has 2 atom stereocenters. The van der Waals surface area contributed by atoms with E-state index in [1.807, 2.05) is 31.4 Å². The third-order valence-electron chi connectivity index (χ3n) is 5.42. The lowest BCUT2D eigenvalue weighted by Crippen LogP contribution is -2.14. The molecular formula is C21H18F2N4OS2. The highest BCUT2D eigenvalue weighted by molar-refractivity contribution is 7.98. The van der Waals surface area contributed by atoms with E-state index in [0.717, 1.165) is 26.7 Å². The number of halogens is 2. The molecule has 5 rings (SSSR count). The normalized spacial score (nSPS) is 18.3. The molecule has 2 N–H and O–H groups in total. The SMILES string of the molecule is CCc1c(F)c(SC)c2[nH]ncc2c1-c1ccc2nc(NC(=O)[C@@H]3C[C@@H]3F)sc2c1. The molecule has 0 unspecified atom stereocenters. The molecule has 0 bridgehead atoms. The second kappa shape index (κ2) is 7.31. The molecule has 2 aromatic heterocycles. The van der Waals surface area contributed by atoms with Gasteiger partial charge in [0.05, 0.1) is 32.7 Å². The predicted molar refractivity (Wildman–Crippen MR) is 117 cm³/mol. The van der Waals surface area contributed by atoms with Gasteiger partial charge < -0.3 is 5.32 Å². The fourth-order valence-electron chi connectivity index (χ4n) is 3.79. The number of anilines is 1. The lowest BCUT2D eigenvalue weighted by molar-refractivity contribution is -0.117. The van der Waals surface area contributed by atoms with Crippen molar-refractivity contribution in [3.05, 3.63) is 35.8 Å². The minimum atomic E-state index is -1.05. The van der Waals surface area contributed by atoms with E-state index in [2.05, 4.69) is 20.5 Å². The summed E-state index contributed by atoms with van der Waals surface area (Å²) in [6.45, 7) is 1.94. The molecule has 2 heterocycles. The van der Waals surface area contributed by atoms with E-state index in [1.54, 1.807) is 6.20 Å². The second-order valence-electron chi connectivity index (χ2n) is 7.26. The largest absolute Gasteiger partial charge is 0.302 e. The summed E-state index contributed by atoms with van der Waals surface area (Å²) < 4.78 is 29.2. The number of thiazole rings is 1. The zero-order chi connectivity index (χ0) is 21.0. The minimum Gasteiger partial charge on any atom is -0.302 e. The third kappa shape index (κ3) is 3.07. The number of aromatic nitrogens is 3. The van der Waals surface area contributed by atoms with Crippen LogP contribution in [0.3, 0.4) is 0 Å². The highest BCUT2D eigenvalue weighted by Crippen LogP contribution is 2.41. The summed E-state index contributed by atoms with van der Waals surface area (Å²) in [4.78, 5) is 17.0. The van der Waals surface area contributed by atoms with Gasteiger partial charge in [-0.15, -0.1) is 11.8 Å². The van der Waals surface area contributed by atoms with Gasteiger partial charge in [0.25, 0.3) is 0 Å². The minimum absolute atomic E-state index is 0.223. The molecule has 1 amide bonds. The van der Waals surface area contributed by atoms with E-state index in [4.69, 9.17) is 0 Å². The van der Waals surface area contributed by atoms with Gasteiger partial charge in [0.15, 0.2) is 5.13 Å². The number of benzene rings is 2. The average Bonchev–Trinajstić information content (AvgIpc) is 3.12. The molecule has 0 aliphatic heterocycles. The van der Waals surface area contributed by atoms with Crippen LogP contribution in [0.15, 0.2) is 29.3 Å². The van der Waals surface area contributed by atoms with Crippen molar-refractivity contribution < 1.29 is 13.6 Å². The van der Waals surface area contributed by atoms with E-state index in [1.165, 1.54) is 23.1 Å². The van der Waals surface area contributed by atoms with Crippen LogP contribution in [0.5, 0.6) is 0 Å². The van der Waals surface area contributed by atoms with E-state index < -0.39 is 12.1 Å². The van der Waals surface area contributed by atoms with Crippen molar-refractivity contribution in [3.8, 4) is 11.1 Å². The zero-order valence-corrected chi connectivity index (χ0v) is 17.9. The molecule has 0 spiro atoms. The van der Waals surface area contributed by atoms with Crippen molar-refractivity contribution in [2.24, 2.45) is 5.92 Å². The molecular weight excluding hydrogens is 426 g/mol. The average molecular weight is 445 g/mol. The van der Waals surface area contributed by atoms with Gasteiger partial charge in [-0.1, -0.05) is 24.3 Å². The summed E-state index contributed by atoms with van der Waals surface area (Å²) in [5, 5.41) is 11.1. The number of rotatable bonds is 5. The Balaban J connectivity index is 1.60. The van der Waals surface area contributed by atoms with Gasteiger partial charge in [-0.3, -0.25) is 9.89 Å². The first kappa shape index (κ1) is 19.4. The number of fused-ring (bicyclic) bond motifs is 2. The number of carbonyl (C=O) groups is 1. The standard InChI is InChI=1S/C21H18F2N4OS2/c1-3-10-16(12-8-24-27-18(12)19(29-2)17(10)23)9-4-5-14-15(6-9)30-21(25-14)26-20(28)11-7-13(11)22/h4-6,8,11,13H,3,7H2,1-2H3,(H,24,27)(H,25,26,28)/t11-,13+/m1/s1. The van der Waals surface area contributed by atoms with E-state index >= 15 is 4.39 Å². The molecule has 5 nitrogen and oxygen atoms in total. The van der Waals surface area contributed by atoms with Crippen molar-refractivity contribution >= 4 is 55.3 Å². The number of H-pyrrole nitrogens is 1. The number of carbonyl (C=O) groups excluding carboxylic acids is 1. The first-order valence-corrected chi connectivity index (χ1v) is 11.6. The van der Waals surface area contributed by atoms with Crippen LogP contribution in [0.2, 0.25) is 0 Å². The van der Waals surface area contributed by atoms with Crippen molar-refractivity contribution in [3.63, 3.8) is 0 Å².